The van der Waals surface area contributed by atoms with Crippen LogP contribution in [0.4, 0.5) is 0 Å². The second-order valence-electron chi connectivity index (χ2n) is 4.87. The molecule has 0 spiro atoms. The Bertz CT molecular complexity index is 463. The summed E-state index contributed by atoms with van der Waals surface area (Å²) in [6, 6.07) is 7.59. The van der Waals surface area contributed by atoms with Gasteiger partial charge in [0.25, 0.3) is 5.91 Å². The number of hydrogen-bond acceptors (Lipinski definition) is 3. The van der Waals surface area contributed by atoms with Crippen molar-refractivity contribution in [2.75, 3.05) is 12.8 Å². The number of amides is 1. The van der Waals surface area contributed by atoms with Gasteiger partial charge in [-0.2, -0.15) is 0 Å². The van der Waals surface area contributed by atoms with Crippen LogP contribution in [-0.4, -0.2) is 29.8 Å². The molecule has 5 heteroatoms. The van der Waals surface area contributed by atoms with E-state index in [0.29, 0.717) is 6.54 Å². The molecule has 0 unspecified atom stereocenters. The molecule has 1 aromatic rings. The van der Waals surface area contributed by atoms with Crippen LogP contribution in [0.1, 0.15) is 48.9 Å². The maximum atomic E-state index is 12.0. The Balaban J connectivity index is 2.15. The van der Waals surface area contributed by atoms with Crippen LogP contribution in [0.2, 0.25) is 0 Å². The van der Waals surface area contributed by atoms with E-state index in [1.165, 1.54) is 0 Å². The van der Waals surface area contributed by atoms with Gasteiger partial charge in [0.05, 0.1) is 5.56 Å². The van der Waals surface area contributed by atoms with Crippen molar-refractivity contribution < 1.29 is 14.7 Å². The van der Waals surface area contributed by atoms with Gasteiger partial charge in [-0.1, -0.05) is 31.4 Å². The first kappa shape index (κ1) is 17.6. The monoisotopic (exact) mass is 309 g/mol. The van der Waals surface area contributed by atoms with Crippen LogP contribution in [0.25, 0.3) is 0 Å². The van der Waals surface area contributed by atoms with Gasteiger partial charge in [-0.05, 0) is 31.2 Å². The zero-order valence-corrected chi connectivity index (χ0v) is 13.2. The first-order valence-corrected chi connectivity index (χ1v) is 8.50. The Morgan fingerprint density at radius 1 is 1.10 bits per heavy atom. The van der Waals surface area contributed by atoms with Gasteiger partial charge in [0.15, 0.2) is 0 Å². The predicted molar refractivity (Wildman–Crippen MR) is 85.9 cm³/mol. The van der Waals surface area contributed by atoms with E-state index in [1.54, 1.807) is 11.8 Å². The number of carbonyl (C=O) groups excluding carboxylic acids is 1. The molecule has 0 aliphatic carbocycles. The second-order valence-corrected chi connectivity index (χ2v) is 5.72. The SMILES string of the molecule is CSc1ccccc1C(=O)NCCCCCCCC(=O)O. The van der Waals surface area contributed by atoms with Gasteiger partial charge in [0.2, 0.25) is 0 Å². The topological polar surface area (TPSA) is 66.4 Å². The quantitative estimate of drug-likeness (QED) is 0.512. The normalized spacial score (nSPS) is 10.3. The van der Waals surface area contributed by atoms with Crippen molar-refractivity contribution in [1.82, 2.24) is 5.32 Å². The molecule has 0 saturated carbocycles. The fraction of sp³-hybridized carbons (Fsp3) is 0.500. The first-order chi connectivity index (χ1) is 10.1. The van der Waals surface area contributed by atoms with Crippen molar-refractivity contribution >= 4 is 23.6 Å². The van der Waals surface area contributed by atoms with E-state index in [2.05, 4.69) is 5.32 Å². The highest BCUT2D eigenvalue weighted by Crippen LogP contribution is 2.19. The van der Waals surface area contributed by atoms with Crippen molar-refractivity contribution in [3.8, 4) is 0 Å². The third-order valence-electron chi connectivity index (χ3n) is 3.20. The van der Waals surface area contributed by atoms with E-state index in [0.717, 1.165) is 42.6 Å². The molecule has 0 bridgehead atoms. The summed E-state index contributed by atoms with van der Waals surface area (Å²) in [6.45, 7) is 0.667. The Labute approximate surface area is 130 Å². The predicted octanol–water partition coefficient (Wildman–Crippen LogP) is 3.56. The van der Waals surface area contributed by atoms with Crippen LogP contribution in [0, 0.1) is 0 Å². The molecule has 0 atom stereocenters. The van der Waals surface area contributed by atoms with E-state index in [-0.39, 0.29) is 12.3 Å². The lowest BCUT2D eigenvalue weighted by molar-refractivity contribution is -0.137. The van der Waals surface area contributed by atoms with Crippen LogP contribution in [0.5, 0.6) is 0 Å². The average Bonchev–Trinajstić information content (AvgIpc) is 2.49. The smallest absolute Gasteiger partial charge is 0.303 e. The second kappa shape index (κ2) is 10.3. The van der Waals surface area contributed by atoms with E-state index >= 15 is 0 Å². The average molecular weight is 309 g/mol. The Kier molecular flexibility index (Phi) is 8.59. The molecular formula is C16H23NO3S. The molecule has 0 saturated heterocycles. The standard InChI is InChI=1S/C16H23NO3S/c1-21-14-10-7-6-9-13(14)16(20)17-12-8-4-2-3-5-11-15(18)19/h6-7,9-10H,2-5,8,11-12H2,1H3,(H,17,20)(H,18,19). The van der Waals surface area contributed by atoms with E-state index in [4.69, 9.17) is 5.11 Å². The number of thioether (sulfide) groups is 1. The van der Waals surface area contributed by atoms with Crippen LogP contribution >= 0.6 is 11.8 Å². The van der Waals surface area contributed by atoms with Gasteiger partial charge >= 0.3 is 5.97 Å². The summed E-state index contributed by atoms with van der Waals surface area (Å²) in [5.74, 6) is -0.749. The third kappa shape index (κ3) is 7.18. The highest BCUT2D eigenvalue weighted by atomic mass is 32.2. The molecule has 4 nitrogen and oxygen atoms in total. The molecule has 0 fully saturated rings. The van der Waals surface area contributed by atoms with Crippen LogP contribution in [-0.2, 0) is 4.79 Å². The summed E-state index contributed by atoms with van der Waals surface area (Å²) in [5, 5.41) is 11.5. The lowest BCUT2D eigenvalue weighted by Gasteiger charge is -2.08. The van der Waals surface area contributed by atoms with Crippen LogP contribution in [0.15, 0.2) is 29.2 Å². The fourth-order valence-corrected chi connectivity index (χ4v) is 2.66. The van der Waals surface area contributed by atoms with Crippen LogP contribution in [0.3, 0.4) is 0 Å². The van der Waals surface area contributed by atoms with E-state index in [1.807, 2.05) is 30.5 Å². The summed E-state index contributed by atoms with van der Waals surface area (Å²) >= 11 is 1.57. The number of carbonyl (C=O) groups is 2. The van der Waals surface area contributed by atoms with Gasteiger partial charge in [-0.25, -0.2) is 0 Å². The van der Waals surface area contributed by atoms with Crippen molar-refractivity contribution in [2.45, 2.75) is 43.4 Å². The number of rotatable bonds is 10. The number of unbranched alkanes of at least 4 members (excludes halogenated alkanes) is 4. The van der Waals surface area contributed by atoms with Crippen LogP contribution < -0.4 is 5.32 Å². The fourth-order valence-electron chi connectivity index (χ4n) is 2.06. The van der Waals surface area contributed by atoms with Crippen molar-refractivity contribution in [2.24, 2.45) is 0 Å². The molecule has 2 N–H and O–H groups in total. The lowest BCUT2D eigenvalue weighted by Crippen LogP contribution is -2.24. The number of benzene rings is 1. The molecule has 0 aliphatic heterocycles. The highest BCUT2D eigenvalue weighted by Gasteiger charge is 2.08. The van der Waals surface area contributed by atoms with Crippen molar-refractivity contribution in [3.05, 3.63) is 29.8 Å². The number of nitrogens with one attached hydrogen (secondary N) is 1. The first-order valence-electron chi connectivity index (χ1n) is 7.28. The maximum absolute atomic E-state index is 12.0. The maximum Gasteiger partial charge on any atom is 0.303 e. The van der Waals surface area contributed by atoms with Gasteiger partial charge < -0.3 is 10.4 Å². The molecule has 1 rings (SSSR count). The van der Waals surface area contributed by atoms with Gasteiger partial charge in [-0.15, -0.1) is 11.8 Å². The number of carboxylic acid groups (broad SMARTS) is 1. The number of aliphatic carboxylic acids is 1. The molecule has 1 amide bonds. The molecule has 0 heterocycles. The van der Waals surface area contributed by atoms with E-state index < -0.39 is 5.97 Å². The molecule has 1 aromatic carbocycles. The zero-order valence-electron chi connectivity index (χ0n) is 12.4. The van der Waals surface area contributed by atoms with Crippen molar-refractivity contribution in [1.29, 1.82) is 0 Å². The summed E-state index contributed by atoms with van der Waals surface area (Å²) in [7, 11) is 0. The minimum absolute atomic E-state index is 0.0224. The van der Waals surface area contributed by atoms with Gasteiger partial charge in [0.1, 0.15) is 0 Å². The molecule has 0 aliphatic rings. The largest absolute Gasteiger partial charge is 0.481 e. The number of carboxylic acids is 1. The third-order valence-corrected chi connectivity index (χ3v) is 4.00. The molecule has 21 heavy (non-hydrogen) atoms. The lowest BCUT2D eigenvalue weighted by atomic mass is 10.1. The molecule has 0 aromatic heterocycles. The minimum atomic E-state index is -0.727. The van der Waals surface area contributed by atoms with Gasteiger partial charge in [-0.3, -0.25) is 9.59 Å². The molecular weight excluding hydrogens is 286 g/mol. The Hall–Kier alpha value is -1.49. The Morgan fingerprint density at radius 3 is 2.48 bits per heavy atom. The summed E-state index contributed by atoms with van der Waals surface area (Å²) in [5.41, 5.74) is 0.728. The summed E-state index contributed by atoms with van der Waals surface area (Å²) in [4.78, 5) is 23.4. The molecule has 116 valence electrons. The summed E-state index contributed by atoms with van der Waals surface area (Å²) < 4.78 is 0. The number of hydrogen-bond donors (Lipinski definition) is 2. The molecule has 0 radical (unpaired) electrons. The minimum Gasteiger partial charge on any atom is -0.481 e. The highest BCUT2D eigenvalue weighted by molar-refractivity contribution is 7.98. The Morgan fingerprint density at radius 2 is 1.76 bits per heavy atom. The zero-order chi connectivity index (χ0) is 15.5. The van der Waals surface area contributed by atoms with Crippen molar-refractivity contribution in [3.63, 3.8) is 0 Å². The van der Waals surface area contributed by atoms with E-state index in [9.17, 15) is 9.59 Å². The summed E-state index contributed by atoms with van der Waals surface area (Å²) in [6.07, 6.45) is 6.86. The van der Waals surface area contributed by atoms with Gasteiger partial charge in [0, 0.05) is 17.9 Å².